The van der Waals surface area contributed by atoms with Crippen LogP contribution < -0.4 is 0 Å². The number of halogens is 1. The zero-order chi connectivity index (χ0) is 13.1. The molecular formula is C12H22FNO3. The van der Waals surface area contributed by atoms with E-state index in [0.717, 1.165) is 0 Å². The van der Waals surface area contributed by atoms with Gasteiger partial charge in [-0.15, -0.1) is 0 Å². The number of piperidine rings is 1. The summed E-state index contributed by atoms with van der Waals surface area (Å²) in [7, 11) is 0. The SMILES string of the molecule is CC(C)(C)OC(=O)N1CC[C@H](F)C[C@H]1CCO. The van der Waals surface area contributed by atoms with Crippen molar-refractivity contribution in [2.45, 2.75) is 57.8 Å². The van der Waals surface area contributed by atoms with Gasteiger partial charge in [-0.05, 0) is 40.0 Å². The minimum absolute atomic E-state index is 0.0450. The lowest BCUT2D eigenvalue weighted by atomic mass is 9.98. The van der Waals surface area contributed by atoms with Gasteiger partial charge in [0.15, 0.2) is 0 Å². The lowest BCUT2D eigenvalue weighted by molar-refractivity contribution is -0.00126. The number of amides is 1. The second kappa shape index (κ2) is 5.67. The summed E-state index contributed by atoms with van der Waals surface area (Å²) in [5.74, 6) is 0. The minimum atomic E-state index is -0.884. The van der Waals surface area contributed by atoms with E-state index in [1.807, 2.05) is 0 Å². The maximum absolute atomic E-state index is 13.3. The Morgan fingerprint density at radius 1 is 1.53 bits per heavy atom. The Morgan fingerprint density at radius 3 is 2.71 bits per heavy atom. The molecule has 1 rings (SSSR count). The monoisotopic (exact) mass is 247 g/mol. The highest BCUT2D eigenvalue weighted by Crippen LogP contribution is 2.24. The molecule has 1 saturated heterocycles. The summed E-state index contributed by atoms with van der Waals surface area (Å²) < 4.78 is 18.5. The van der Waals surface area contributed by atoms with Gasteiger partial charge >= 0.3 is 6.09 Å². The Labute approximate surface area is 102 Å². The summed E-state index contributed by atoms with van der Waals surface area (Å²) in [6.45, 7) is 5.72. The molecule has 100 valence electrons. The molecule has 0 radical (unpaired) electrons. The zero-order valence-corrected chi connectivity index (χ0v) is 10.8. The molecule has 0 aromatic carbocycles. The summed E-state index contributed by atoms with van der Waals surface area (Å²) in [5, 5.41) is 8.94. The number of nitrogens with zero attached hydrogens (tertiary/aromatic N) is 1. The lowest BCUT2D eigenvalue weighted by Gasteiger charge is -2.37. The highest BCUT2D eigenvalue weighted by Gasteiger charge is 2.33. The third-order valence-electron chi connectivity index (χ3n) is 2.74. The summed E-state index contributed by atoms with van der Waals surface area (Å²) in [4.78, 5) is 13.4. The van der Waals surface area contributed by atoms with Gasteiger partial charge in [0, 0.05) is 19.2 Å². The van der Waals surface area contributed by atoms with Gasteiger partial charge in [-0.1, -0.05) is 0 Å². The van der Waals surface area contributed by atoms with E-state index in [2.05, 4.69) is 0 Å². The molecule has 5 heteroatoms. The molecule has 1 fully saturated rings. The summed E-state index contributed by atoms with van der Waals surface area (Å²) in [6.07, 6.45) is -0.256. The van der Waals surface area contributed by atoms with Crippen LogP contribution in [0, 0.1) is 0 Å². The molecule has 0 bridgehead atoms. The summed E-state index contributed by atoms with van der Waals surface area (Å²) in [5.41, 5.74) is -0.548. The van der Waals surface area contributed by atoms with Crippen LogP contribution >= 0.6 is 0 Å². The molecule has 17 heavy (non-hydrogen) atoms. The maximum atomic E-state index is 13.3. The lowest BCUT2D eigenvalue weighted by Crippen LogP contribution is -2.48. The Balaban J connectivity index is 2.62. The maximum Gasteiger partial charge on any atom is 0.410 e. The van der Waals surface area contributed by atoms with Crippen molar-refractivity contribution in [3.63, 3.8) is 0 Å². The van der Waals surface area contributed by atoms with Crippen LogP contribution in [0.5, 0.6) is 0 Å². The highest BCUT2D eigenvalue weighted by atomic mass is 19.1. The number of hydrogen-bond acceptors (Lipinski definition) is 3. The van der Waals surface area contributed by atoms with Crippen LogP contribution in [0.1, 0.15) is 40.0 Å². The molecule has 1 aliphatic heterocycles. The second-order valence-electron chi connectivity index (χ2n) is 5.46. The molecule has 4 nitrogen and oxygen atoms in total. The van der Waals surface area contributed by atoms with E-state index in [0.29, 0.717) is 25.8 Å². The van der Waals surface area contributed by atoms with Gasteiger partial charge in [0.2, 0.25) is 0 Å². The molecule has 0 aromatic heterocycles. The average Bonchev–Trinajstić information content (AvgIpc) is 2.15. The number of ether oxygens (including phenoxy) is 1. The average molecular weight is 247 g/mol. The Morgan fingerprint density at radius 2 is 2.18 bits per heavy atom. The van der Waals surface area contributed by atoms with Crippen LogP contribution in [-0.4, -0.2) is 47.1 Å². The molecule has 0 saturated carbocycles. The normalized spacial score (nSPS) is 25.8. The molecular weight excluding hydrogens is 225 g/mol. The molecule has 0 aromatic rings. The zero-order valence-electron chi connectivity index (χ0n) is 10.8. The van der Waals surface area contributed by atoms with Gasteiger partial charge in [-0.25, -0.2) is 9.18 Å². The number of rotatable bonds is 2. The minimum Gasteiger partial charge on any atom is -0.444 e. The Bertz CT molecular complexity index is 265. The number of aliphatic hydroxyl groups excluding tert-OH is 1. The van der Waals surface area contributed by atoms with Crippen molar-refractivity contribution in [3.8, 4) is 0 Å². The van der Waals surface area contributed by atoms with E-state index in [4.69, 9.17) is 9.84 Å². The second-order valence-corrected chi connectivity index (χ2v) is 5.46. The Kier molecular flexibility index (Phi) is 4.74. The van der Waals surface area contributed by atoms with Gasteiger partial charge in [0.05, 0.1) is 0 Å². The quantitative estimate of drug-likeness (QED) is 0.813. The van der Waals surface area contributed by atoms with Crippen LogP contribution in [0.15, 0.2) is 0 Å². The number of carbonyl (C=O) groups excluding carboxylic acids is 1. The van der Waals surface area contributed by atoms with Crippen molar-refractivity contribution in [2.75, 3.05) is 13.2 Å². The van der Waals surface area contributed by atoms with Crippen molar-refractivity contribution in [1.29, 1.82) is 0 Å². The number of likely N-dealkylation sites (tertiary alicyclic amines) is 1. The number of alkyl halides is 1. The number of carbonyl (C=O) groups is 1. The predicted molar refractivity (Wildman–Crippen MR) is 62.6 cm³/mol. The van der Waals surface area contributed by atoms with Crippen LogP contribution in [0.3, 0.4) is 0 Å². The van der Waals surface area contributed by atoms with Crippen LogP contribution in [0.25, 0.3) is 0 Å². The third-order valence-corrected chi connectivity index (χ3v) is 2.74. The summed E-state index contributed by atoms with van der Waals surface area (Å²) >= 11 is 0. The first-order chi connectivity index (χ1) is 7.83. The standard InChI is InChI=1S/C12H22FNO3/c1-12(2,3)17-11(16)14-6-4-9(13)8-10(14)5-7-15/h9-10,15H,4-8H2,1-3H3/t9-,10+/m0/s1. The molecule has 1 N–H and O–H groups in total. The van der Waals surface area contributed by atoms with E-state index in [9.17, 15) is 9.18 Å². The van der Waals surface area contributed by atoms with E-state index >= 15 is 0 Å². The first kappa shape index (κ1) is 14.2. The number of hydrogen-bond donors (Lipinski definition) is 1. The Hall–Kier alpha value is -0.840. The van der Waals surface area contributed by atoms with Crippen molar-refractivity contribution in [3.05, 3.63) is 0 Å². The summed E-state index contributed by atoms with van der Waals surface area (Å²) in [6, 6.07) is -0.251. The van der Waals surface area contributed by atoms with Crippen LogP contribution in [0.2, 0.25) is 0 Å². The highest BCUT2D eigenvalue weighted by molar-refractivity contribution is 5.68. The van der Waals surface area contributed by atoms with Gasteiger partial charge in [-0.3, -0.25) is 0 Å². The van der Waals surface area contributed by atoms with Crippen molar-refractivity contribution in [1.82, 2.24) is 4.90 Å². The van der Waals surface area contributed by atoms with Crippen molar-refractivity contribution in [2.24, 2.45) is 0 Å². The van der Waals surface area contributed by atoms with E-state index in [1.54, 1.807) is 20.8 Å². The molecule has 0 spiro atoms. The fourth-order valence-corrected chi connectivity index (χ4v) is 1.99. The fraction of sp³-hybridized carbons (Fsp3) is 0.917. The van der Waals surface area contributed by atoms with Crippen LogP contribution in [-0.2, 0) is 4.74 Å². The van der Waals surface area contributed by atoms with Crippen molar-refractivity contribution < 1.29 is 19.0 Å². The smallest absolute Gasteiger partial charge is 0.410 e. The molecule has 2 atom stereocenters. The first-order valence-electron chi connectivity index (χ1n) is 6.08. The predicted octanol–water partition coefficient (Wildman–Crippen LogP) is 2.11. The molecule has 1 amide bonds. The number of aliphatic hydroxyl groups is 1. The van der Waals surface area contributed by atoms with E-state index < -0.39 is 17.9 Å². The van der Waals surface area contributed by atoms with Gasteiger partial charge in [0.25, 0.3) is 0 Å². The van der Waals surface area contributed by atoms with E-state index in [-0.39, 0.29) is 12.6 Å². The molecule has 0 aliphatic carbocycles. The van der Waals surface area contributed by atoms with Gasteiger partial charge in [0.1, 0.15) is 11.8 Å². The first-order valence-corrected chi connectivity index (χ1v) is 6.08. The third kappa shape index (κ3) is 4.50. The fourth-order valence-electron chi connectivity index (χ4n) is 1.99. The van der Waals surface area contributed by atoms with Crippen LogP contribution in [0.4, 0.5) is 9.18 Å². The molecule has 1 aliphatic rings. The topological polar surface area (TPSA) is 49.8 Å². The largest absolute Gasteiger partial charge is 0.444 e. The van der Waals surface area contributed by atoms with Gasteiger partial charge < -0.3 is 14.7 Å². The van der Waals surface area contributed by atoms with E-state index in [1.165, 1.54) is 4.90 Å². The molecule has 0 unspecified atom stereocenters. The van der Waals surface area contributed by atoms with Gasteiger partial charge in [-0.2, -0.15) is 0 Å². The van der Waals surface area contributed by atoms with Crippen molar-refractivity contribution >= 4 is 6.09 Å². The molecule has 1 heterocycles.